The molecule has 2 aromatic rings. The first-order valence-electron chi connectivity index (χ1n) is 5.15. The number of carbonyl (C=O) groups excluding carboxylic acids is 1. The first-order chi connectivity index (χ1) is 8.97. The van der Waals surface area contributed by atoms with Gasteiger partial charge in [0.15, 0.2) is 0 Å². The molecule has 0 saturated carbocycles. The van der Waals surface area contributed by atoms with Crippen LogP contribution < -0.4 is 0 Å². The van der Waals surface area contributed by atoms with Gasteiger partial charge in [0.25, 0.3) is 0 Å². The zero-order valence-corrected chi connectivity index (χ0v) is 11.5. The Labute approximate surface area is 115 Å². The molecule has 19 heavy (non-hydrogen) atoms. The molecule has 1 aromatic heterocycles. The second-order valence-electron chi connectivity index (χ2n) is 3.67. The van der Waals surface area contributed by atoms with Gasteiger partial charge in [0.2, 0.25) is 0 Å². The number of ether oxygens (including phenoxy) is 1. The fourth-order valence-electron chi connectivity index (χ4n) is 1.63. The maximum Gasteiger partial charge on any atom is 0.343 e. The van der Waals surface area contributed by atoms with Crippen LogP contribution in [0.3, 0.4) is 0 Å². The predicted octanol–water partition coefficient (Wildman–Crippen LogP) is 3.48. The Morgan fingerprint density at radius 2 is 2.00 bits per heavy atom. The molecule has 0 spiro atoms. The molecule has 0 radical (unpaired) electrons. The lowest BCUT2D eigenvalue weighted by Gasteiger charge is -2.05. The number of halogens is 3. The van der Waals surface area contributed by atoms with E-state index in [9.17, 15) is 13.6 Å². The Morgan fingerprint density at radius 3 is 2.63 bits per heavy atom. The Hall–Kier alpha value is -1.76. The van der Waals surface area contributed by atoms with E-state index >= 15 is 0 Å². The van der Waals surface area contributed by atoms with Gasteiger partial charge < -0.3 is 9.26 Å². The van der Waals surface area contributed by atoms with Crippen LogP contribution in [0.25, 0.3) is 11.3 Å². The Bertz CT molecular complexity index is 655. The van der Waals surface area contributed by atoms with Gasteiger partial charge in [0.1, 0.15) is 28.7 Å². The quantitative estimate of drug-likeness (QED) is 0.624. The lowest BCUT2D eigenvalue weighted by Crippen LogP contribution is -2.04. The average Bonchev–Trinajstić information content (AvgIpc) is 2.75. The summed E-state index contributed by atoms with van der Waals surface area (Å²) in [7, 11) is 1.18. The minimum absolute atomic E-state index is 0.0345. The highest BCUT2D eigenvalue weighted by molar-refractivity contribution is 9.10. The van der Waals surface area contributed by atoms with Gasteiger partial charge in [-0.2, -0.15) is 0 Å². The third-order valence-electron chi connectivity index (χ3n) is 2.53. The van der Waals surface area contributed by atoms with E-state index in [1.165, 1.54) is 14.0 Å². The van der Waals surface area contributed by atoms with E-state index in [0.29, 0.717) is 0 Å². The molecule has 0 N–H and O–H groups in total. The molecule has 0 saturated heterocycles. The topological polar surface area (TPSA) is 52.3 Å². The number of rotatable bonds is 2. The van der Waals surface area contributed by atoms with Gasteiger partial charge in [-0.3, -0.25) is 0 Å². The summed E-state index contributed by atoms with van der Waals surface area (Å²) in [5.74, 6) is -1.97. The Morgan fingerprint density at radius 1 is 1.37 bits per heavy atom. The first-order valence-corrected chi connectivity index (χ1v) is 5.95. The smallest absolute Gasteiger partial charge is 0.343 e. The number of carbonyl (C=O) groups is 1. The van der Waals surface area contributed by atoms with E-state index in [4.69, 9.17) is 4.52 Å². The highest BCUT2D eigenvalue weighted by Gasteiger charge is 2.26. The highest BCUT2D eigenvalue weighted by Crippen LogP contribution is 2.35. The molecule has 4 nitrogen and oxygen atoms in total. The number of methoxy groups -OCH3 is 1. The SMILES string of the molecule is COC(=O)c1c(-c2c(F)ccc(F)c2Br)noc1C. The number of esters is 1. The van der Waals surface area contributed by atoms with Crippen LogP contribution >= 0.6 is 15.9 Å². The van der Waals surface area contributed by atoms with Gasteiger partial charge in [-0.1, -0.05) is 5.16 Å². The molecular weight excluding hydrogens is 324 g/mol. The van der Waals surface area contributed by atoms with Crippen molar-refractivity contribution < 1.29 is 22.8 Å². The van der Waals surface area contributed by atoms with Crippen molar-refractivity contribution in [2.45, 2.75) is 6.92 Å². The van der Waals surface area contributed by atoms with Crippen molar-refractivity contribution >= 4 is 21.9 Å². The molecule has 0 atom stereocenters. The molecule has 0 fully saturated rings. The fourth-order valence-corrected chi connectivity index (χ4v) is 2.14. The van der Waals surface area contributed by atoms with Crippen molar-refractivity contribution in [3.8, 4) is 11.3 Å². The lowest BCUT2D eigenvalue weighted by atomic mass is 10.1. The van der Waals surface area contributed by atoms with E-state index in [-0.39, 0.29) is 27.1 Å². The monoisotopic (exact) mass is 331 g/mol. The molecule has 0 unspecified atom stereocenters. The summed E-state index contributed by atoms with van der Waals surface area (Å²) < 4.78 is 36.6. The van der Waals surface area contributed by atoms with Crippen LogP contribution in [0.2, 0.25) is 0 Å². The number of benzene rings is 1. The maximum atomic E-state index is 13.8. The molecule has 2 rings (SSSR count). The molecule has 100 valence electrons. The summed E-state index contributed by atoms with van der Waals surface area (Å²) in [6, 6.07) is 1.91. The number of aryl methyl sites for hydroxylation is 1. The summed E-state index contributed by atoms with van der Waals surface area (Å²) in [5, 5.41) is 3.61. The summed E-state index contributed by atoms with van der Waals surface area (Å²) in [6.45, 7) is 1.48. The van der Waals surface area contributed by atoms with Crippen molar-refractivity contribution in [1.29, 1.82) is 0 Å². The minimum Gasteiger partial charge on any atom is -0.465 e. The molecule has 0 bridgehead atoms. The number of nitrogens with zero attached hydrogens (tertiary/aromatic N) is 1. The van der Waals surface area contributed by atoms with Crippen LogP contribution in [0.1, 0.15) is 16.1 Å². The van der Waals surface area contributed by atoms with E-state index in [1.807, 2.05) is 0 Å². The second-order valence-corrected chi connectivity index (χ2v) is 4.47. The summed E-state index contributed by atoms with van der Waals surface area (Å²) >= 11 is 2.93. The van der Waals surface area contributed by atoms with Crippen LogP contribution in [0.4, 0.5) is 8.78 Å². The third kappa shape index (κ3) is 2.25. The molecule has 0 aliphatic carbocycles. The van der Waals surface area contributed by atoms with Crippen molar-refractivity contribution in [3.05, 3.63) is 39.6 Å². The largest absolute Gasteiger partial charge is 0.465 e. The van der Waals surface area contributed by atoms with E-state index in [2.05, 4.69) is 25.8 Å². The van der Waals surface area contributed by atoms with Gasteiger partial charge in [-0.05, 0) is 35.0 Å². The average molecular weight is 332 g/mol. The molecule has 0 aliphatic rings. The van der Waals surface area contributed by atoms with Crippen LogP contribution in [-0.2, 0) is 4.74 Å². The number of aromatic nitrogens is 1. The zero-order valence-electron chi connectivity index (χ0n) is 9.96. The summed E-state index contributed by atoms with van der Waals surface area (Å²) in [4.78, 5) is 11.6. The van der Waals surface area contributed by atoms with Gasteiger partial charge in [-0.25, -0.2) is 13.6 Å². The minimum atomic E-state index is -0.732. The molecule has 0 aliphatic heterocycles. The Kier molecular flexibility index (Phi) is 3.66. The Balaban J connectivity index is 2.74. The summed E-state index contributed by atoms with van der Waals surface area (Å²) in [5.41, 5.74) is -0.321. The van der Waals surface area contributed by atoms with Gasteiger partial charge in [0, 0.05) is 0 Å². The zero-order chi connectivity index (χ0) is 14.2. The number of hydrogen-bond acceptors (Lipinski definition) is 4. The van der Waals surface area contributed by atoms with Crippen molar-refractivity contribution in [1.82, 2.24) is 5.16 Å². The lowest BCUT2D eigenvalue weighted by molar-refractivity contribution is 0.0599. The van der Waals surface area contributed by atoms with Crippen LogP contribution in [-0.4, -0.2) is 18.2 Å². The standard InChI is InChI=1S/C12H8BrF2NO3/c1-5-8(12(17)18-2)11(16-19-5)9-6(14)3-4-7(15)10(9)13/h3-4H,1-2H3. The molecular formula is C12H8BrF2NO3. The summed E-state index contributed by atoms with van der Waals surface area (Å²) in [6.07, 6.45) is 0. The van der Waals surface area contributed by atoms with Crippen LogP contribution in [0, 0.1) is 18.6 Å². The first kappa shape index (κ1) is 13.7. The van der Waals surface area contributed by atoms with Gasteiger partial charge >= 0.3 is 5.97 Å². The maximum absolute atomic E-state index is 13.8. The molecule has 0 amide bonds. The fraction of sp³-hybridized carbons (Fsp3) is 0.167. The van der Waals surface area contributed by atoms with E-state index < -0.39 is 17.6 Å². The van der Waals surface area contributed by atoms with Gasteiger partial charge in [0.05, 0.1) is 17.1 Å². The second kappa shape index (κ2) is 5.08. The van der Waals surface area contributed by atoms with Crippen LogP contribution in [0.15, 0.2) is 21.1 Å². The van der Waals surface area contributed by atoms with Crippen molar-refractivity contribution in [2.75, 3.05) is 7.11 Å². The predicted molar refractivity (Wildman–Crippen MR) is 65.6 cm³/mol. The van der Waals surface area contributed by atoms with Gasteiger partial charge in [-0.15, -0.1) is 0 Å². The molecule has 1 aromatic carbocycles. The van der Waals surface area contributed by atoms with Crippen molar-refractivity contribution in [2.24, 2.45) is 0 Å². The number of hydrogen-bond donors (Lipinski definition) is 0. The highest BCUT2D eigenvalue weighted by atomic mass is 79.9. The third-order valence-corrected chi connectivity index (χ3v) is 3.31. The molecule has 1 heterocycles. The normalized spacial score (nSPS) is 10.6. The van der Waals surface area contributed by atoms with E-state index in [1.54, 1.807) is 0 Å². The van der Waals surface area contributed by atoms with E-state index in [0.717, 1.165) is 12.1 Å². The molecule has 7 heteroatoms. The van der Waals surface area contributed by atoms with Crippen molar-refractivity contribution in [3.63, 3.8) is 0 Å². The van der Waals surface area contributed by atoms with Crippen LogP contribution in [0.5, 0.6) is 0 Å².